The van der Waals surface area contributed by atoms with Crippen LogP contribution in [0.5, 0.6) is 0 Å². The van der Waals surface area contributed by atoms with Crippen LogP contribution in [0.15, 0.2) is 0 Å². The first-order chi connectivity index (χ1) is 49.9. The van der Waals surface area contributed by atoms with E-state index >= 15 is 0 Å². The van der Waals surface area contributed by atoms with Gasteiger partial charge in [0.25, 0.3) is 0 Å². The predicted octanol–water partition coefficient (Wildman–Crippen LogP) is 25.5. The van der Waals surface area contributed by atoms with Gasteiger partial charge in [-0.1, -0.05) is 395 Å². The van der Waals surface area contributed by atoms with E-state index in [2.05, 4.69) is 41.5 Å². The molecule has 0 bridgehead atoms. The summed E-state index contributed by atoms with van der Waals surface area (Å²) in [5.41, 5.74) is 0. The molecule has 0 rings (SSSR count). The highest BCUT2D eigenvalue weighted by Crippen LogP contribution is 2.45. The number of unbranched alkanes of at least 4 members (excludes halogenated alkanes) is 53. The van der Waals surface area contributed by atoms with Crippen molar-refractivity contribution in [3.8, 4) is 0 Å². The zero-order valence-electron chi connectivity index (χ0n) is 67.6. The van der Waals surface area contributed by atoms with E-state index < -0.39 is 97.5 Å². The average Bonchev–Trinajstić information content (AvgIpc) is 0.949. The fourth-order valence-corrected chi connectivity index (χ4v) is 14.6. The minimum absolute atomic E-state index is 0.109. The number of ether oxygens (including phenoxy) is 4. The van der Waals surface area contributed by atoms with Crippen LogP contribution in [0, 0.1) is 11.8 Å². The third-order valence-electron chi connectivity index (χ3n) is 19.7. The molecule has 612 valence electrons. The molecule has 2 unspecified atom stereocenters. The van der Waals surface area contributed by atoms with Crippen LogP contribution in [0.4, 0.5) is 0 Å². The number of carbonyl (C=O) groups is 4. The van der Waals surface area contributed by atoms with Gasteiger partial charge in [0.15, 0.2) is 12.2 Å². The van der Waals surface area contributed by atoms with Crippen LogP contribution in [0.1, 0.15) is 446 Å². The first-order valence-corrected chi connectivity index (χ1v) is 46.5. The van der Waals surface area contributed by atoms with Crippen LogP contribution in [-0.2, 0) is 65.4 Å². The molecule has 0 saturated heterocycles. The van der Waals surface area contributed by atoms with Gasteiger partial charge in [0.2, 0.25) is 0 Å². The highest BCUT2D eigenvalue weighted by atomic mass is 31.2. The molecular weight excluding hydrogens is 1340 g/mol. The molecule has 0 amide bonds. The lowest BCUT2D eigenvalue weighted by Gasteiger charge is -2.21. The van der Waals surface area contributed by atoms with Gasteiger partial charge in [0.05, 0.1) is 26.4 Å². The third kappa shape index (κ3) is 78.0. The summed E-state index contributed by atoms with van der Waals surface area (Å²) in [6.45, 7) is 9.71. The Hall–Kier alpha value is -1.94. The molecule has 0 aliphatic heterocycles. The average molecular weight is 1510 g/mol. The summed E-state index contributed by atoms with van der Waals surface area (Å²) in [6.07, 6.45) is 66.5. The Kier molecular flexibility index (Phi) is 74.1. The maximum atomic E-state index is 13.1. The zero-order chi connectivity index (χ0) is 75.6. The van der Waals surface area contributed by atoms with E-state index in [9.17, 15) is 43.2 Å². The molecule has 103 heavy (non-hydrogen) atoms. The van der Waals surface area contributed by atoms with Crippen LogP contribution in [0.3, 0.4) is 0 Å². The number of carbonyl (C=O) groups excluding carboxylic acids is 4. The van der Waals surface area contributed by atoms with Gasteiger partial charge >= 0.3 is 39.5 Å². The van der Waals surface area contributed by atoms with E-state index in [-0.39, 0.29) is 25.7 Å². The summed E-state index contributed by atoms with van der Waals surface area (Å²) < 4.78 is 68.8. The fourth-order valence-electron chi connectivity index (χ4n) is 13.1. The lowest BCUT2D eigenvalue weighted by molar-refractivity contribution is -0.161. The third-order valence-corrected chi connectivity index (χ3v) is 21.6. The van der Waals surface area contributed by atoms with Crippen molar-refractivity contribution >= 4 is 39.5 Å². The topological polar surface area (TPSA) is 237 Å². The molecule has 17 nitrogen and oxygen atoms in total. The van der Waals surface area contributed by atoms with Gasteiger partial charge in [0, 0.05) is 25.7 Å². The molecule has 0 aliphatic rings. The number of rotatable bonds is 83. The van der Waals surface area contributed by atoms with Crippen molar-refractivity contribution in [2.24, 2.45) is 11.8 Å². The monoisotopic (exact) mass is 1510 g/mol. The number of hydrogen-bond acceptors (Lipinski definition) is 15. The summed E-state index contributed by atoms with van der Waals surface area (Å²) in [6, 6.07) is 0. The molecule has 0 aromatic carbocycles. The van der Waals surface area contributed by atoms with E-state index in [1.807, 2.05) is 0 Å². The molecule has 5 atom stereocenters. The molecule has 19 heteroatoms. The second-order valence-electron chi connectivity index (χ2n) is 31.2. The van der Waals surface area contributed by atoms with Gasteiger partial charge in [0.1, 0.15) is 19.3 Å². The van der Waals surface area contributed by atoms with Gasteiger partial charge < -0.3 is 33.8 Å². The van der Waals surface area contributed by atoms with E-state index in [4.69, 9.17) is 37.0 Å². The van der Waals surface area contributed by atoms with Crippen molar-refractivity contribution in [1.82, 2.24) is 0 Å². The molecule has 0 heterocycles. The van der Waals surface area contributed by atoms with Crippen molar-refractivity contribution in [1.29, 1.82) is 0 Å². The standard InChI is InChI=1S/C84H164O17P2/c1-7-9-11-13-15-17-19-20-21-27-33-38-44-50-56-62-68-83(88)100-79(72-94-81(86)66-60-54-48-42-18-16-14-12-10-8-2)74-98-102(90,91)96-70-78(85)71-97-103(92,93)99-75-80(73-95-82(87)67-61-55-49-43-37-32-29-24-26-31-36-41-47-53-59-65-77(5)6)101-84(89)69-63-57-51-45-39-34-28-23-22-25-30-35-40-46-52-58-64-76(3)4/h76-80,85H,7-75H2,1-6H3,(H,90,91)(H,92,93)/t78-,79+,80+/m0/s1. The molecule has 0 radical (unpaired) electrons. The van der Waals surface area contributed by atoms with E-state index in [0.29, 0.717) is 25.7 Å². The maximum Gasteiger partial charge on any atom is 0.472 e. The fraction of sp³-hybridized carbons (Fsp3) is 0.952. The van der Waals surface area contributed by atoms with Crippen molar-refractivity contribution in [2.75, 3.05) is 39.6 Å². The van der Waals surface area contributed by atoms with Crippen LogP contribution in [0.2, 0.25) is 0 Å². The molecule has 0 saturated carbocycles. The van der Waals surface area contributed by atoms with Crippen LogP contribution < -0.4 is 0 Å². The summed E-state index contributed by atoms with van der Waals surface area (Å²) in [7, 11) is -9.92. The minimum atomic E-state index is -4.96. The number of aliphatic hydroxyl groups excluding tert-OH is 1. The number of aliphatic hydroxyl groups is 1. The lowest BCUT2D eigenvalue weighted by atomic mass is 10.0. The summed E-state index contributed by atoms with van der Waals surface area (Å²) in [5.74, 6) is -0.487. The Morgan fingerprint density at radius 1 is 0.262 bits per heavy atom. The van der Waals surface area contributed by atoms with E-state index in [0.717, 1.165) is 102 Å². The van der Waals surface area contributed by atoms with Crippen molar-refractivity contribution < 1.29 is 80.2 Å². The van der Waals surface area contributed by atoms with Crippen LogP contribution >= 0.6 is 15.6 Å². The molecule has 3 N–H and O–H groups in total. The van der Waals surface area contributed by atoms with Gasteiger partial charge in [-0.2, -0.15) is 0 Å². The first kappa shape index (κ1) is 101. The molecule has 0 aromatic rings. The zero-order valence-corrected chi connectivity index (χ0v) is 69.4. The lowest BCUT2D eigenvalue weighted by Crippen LogP contribution is -2.30. The first-order valence-electron chi connectivity index (χ1n) is 43.5. The number of hydrogen-bond donors (Lipinski definition) is 3. The largest absolute Gasteiger partial charge is 0.472 e. The van der Waals surface area contributed by atoms with Gasteiger partial charge in [-0.25, -0.2) is 9.13 Å². The molecule has 0 aliphatic carbocycles. The summed E-state index contributed by atoms with van der Waals surface area (Å²) in [5, 5.41) is 10.7. The molecule has 0 spiro atoms. The van der Waals surface area contributed by atoms with Crippen molar-refractivity contribution in [3.05, 3.63) is 0 Å². The minimum Gasteiger partial charge on any atom is -0.462 e. The Morgan fingerprint density at radius 2 is 0.447 bits per heavy atom. The summed E-state index contributed by atoms with van der Waals surface area (Å²) in [4.78, 5) is 73.1. The Labute approximate surface area is 632 Å². The highest BCUT2D eigenvalue weighted by Gasteiger charge is 2.30. The van der Waals surface area contributed by atoms with Gasteiger partial charge in [-0.15, -0.1) is 0 Å². The van der Waals surface area contributed by atoms with Gasteiger partial charge in [-0.3, -0.25) is 37.3 Å². The normalized spacial score (nSPS) is 13.9. The summed E-state index contributed by atoms with van der Waals surface area (Å²) >= 11 is 0. The van der Waals surface area contributed by atoms with Crippen molar-refractivity contribution in [3.63, 3.8) is 0 Å². The molecular formula is C84H164O17P2. The quantitative estimate of drug-likeness (QED) is 0.0222. The van der Waals surface area contributed by atoms with Crippen LogP contribution in [-0.4, -0.2) is 96.7 Å². The predicted molar refractivity (Wildman–Crippen MR) is 423 cm³/mol. The number of phosphoric acid groups is 2. The second kappa shape index (κ2) is 75.5. The smallest absolute Gasteiger partial charge is 0.462 e. The van der Waals surface area contributed by atoms with Crippen LogP contribution in [0.25, 0.3) is 0 Å². The van der Waals surface area contributed by atoms with Crippen molar-refractivity contribution in [2.45, 2.75) is 464 Å². The molecule has 0 aromatic heterocycles. The highest BCUT2D eigenvalue weighted by molar-refractivity contribution is 7.47. The number of phosphoric ester groups is 2. The SMILES string of the molecule is CCCCCCCCCCCCCCCCCCC(=O)O[C@H](COC(=O)CCCCCCCCCCCC)COP(=O)(O)OC[C@H](O)COP(=O)(O)OC[C@@H](COC(=O)CCCCCCCCCCCCCCCCCC(C)C)OC(=O)CCCCCCCCCCCCCCCCCCC(C)C. The van der Waals surface area contributed by atoms with Gasteiger partial charge in [-0.05, 0) is 37.5 Å². The van der Waals surface area contributed by atoms with E-state index in [1.165, 1.54) is 263 Å². The maximum absolute atomic E-state index is 13.1. The Bertz CT molecular complexity index is 1980. The molecule has 0 fully saturated rings. The van der Waals surface area contributed by atoms with E-state index in [1.54, 1.807) is 0 Å². The second-order valence-corrected chi connectivity index (χ2v) is 34.1. The Morgan fingerprint density at radius 3 is 0.660 bits per heavy atom. The number of esters is 4. The Balaban J connectivity index is 5.23.